The lowest BCUT2D eigenvalue weighted by atomic mass is 9.99. The number of likely N-dealkylation sites (N-methyl/N-ethyl adjacent to an activating group) is 1. The molecule has 0 aliphatic carbocycles. The second-order valence-electron chi connectivity index (χ2n) is 5.23. The predicted molar refractivity (Wildman–Crippen MR) is 77.8 cm³/mol. The second-order valence-corrected chi connectivity index (χ2v) is 5.23. The summed E-state index contributed by atoms with van der Waals surface area (Å²) in [6.45, 7) is 3.39. The number of hydrogen-bond donors (Lipinski definition) is 2. The summed E-state index contributed by atoms with van der Waals surface area (Å²) in [6, 6.07) is 0.333. The van der Waals surface area contributed by atoms with Gasteiger partial charge in [0.15, 0.2) is 0 Å². The summed E-state index contributed by atoms with van der Waals surface area (Å²) in [4.78, 5) is 2.31. The van der Waals surface area contributed by atoms with Crippen molar-refractivity contribution in [3.63, 3.8) is 0 Å². The van der Waals surface area contributed by atoms with E-state index in [1.165, 1.54) is 5.56 Å². The minimum atomic E-state index is 0.118. The Balaban J connectivity index is 2.63. The first kappa shape index (κ1) is 16.1. The summed E-state index contributed by atoms with van der Waals surface area (Å²) in [7, 11) is 4.05. The van der Waals surface area contributed by atoms with Crippen LogP contribution in [0.4, 0.5) is 0 Å². The molecule has 0 saturated heterocycles. The zero-order valence-electron chi connectivity index (χ0n) is 12.4. The highest BCUT2D eigenvalue weighted by Gasteiger charge is 2.23. The molecule has 0 spiro atoms. The van der Waals surface area contributed by atoms with Gasteiger partial charge in [-0.05, 0) is 39.3 Å². The highest BCUT2D eigenvalue weighted by atomic mass is 16.2. The first-order valence-electron chi connectivity index (χ1n) is 7.15. The number of nitrogens with two attached hydrogens (primary N) is 1. The monoisotopic (exact) mass is 268 g/mol. The topological polar surface area (TPSA) is 67.3 Å². The van der Waals surface area contributed by atoms with E-state index in [0.717, 1.165) is 32.2 Å². The summed E-state index contributed by atoms with van der Waals surface area (Å²) in [5.41, 5.74) is 7.45. The fourth-order valence-corrected chi connectivity index (χ4v) is 2.43. The molecule has 1 rings (SSSR count). The van der Waals surface area contributed by atoms with Crippen LogP contribution in [0, 0.1) is 0 Å². The molecule has 19 heavy (non-hydrogen) atoms. The molecule has 0 bridgehead atoms. The molecular formula is C14H28N4O. The van der Waals surface area contributed by atoms with Gasteiger partial charge in [0.25, 0.3) is 0 Å². The van der Waals surface area contributed by atoms with Crippen LogP contribution in [0.1, 0.15) is 44.2 Å². The Labute approximate surface area is 116 Å². The second kappa shape index (κ2) is 8.30. The lowest BCUT2D eigenvalue weighted by molar-refractivity contribution is 0.202. The van der Waals surface area contributed by atoms with Gasteiger partial charge < -0.3 is 10.8 Å². The lowest BCUT2D eigenvalue weighted by Crippen LogP contribution is -2.39. The van der Waals surface area contributed by atoms with E-state index < -0.39 is 0 Å². The molecule has 2 unspecified atom stereocenters. The van der Waals surface area contributed by atoms with Crippen molar-refractivity contribution in [1.82, 2.24) is 14.7 Å². The molecule has 0 aromatic carbocycles. The van der Waals surface area contributed by atoms with Gasteiger partial charge in [-0.1, -0.05) is 6.92 Å². The van der Waals surface area contributed by atoms with Crippen molar-refractivity contribution in [2.24, 2.45) is 12.8 Å². The number of hydrogen-bond acceptors (Lipinski definition) is 4. The first-order chi connectivity index (χ1) is 9.10. The maximum atomic E-state index is 8.80. The standard InChI is InChI=1S/C14H28N4O/c1-4-13(15)14(12-10-16-18(3)11-12)17(2)8-6-5-7-9-19/h10-11,13-14,19H,4-9,15H2,1-3H3. The molecule has 0 aliphatic heterocycles. The molecule has 0 saturated carbocycles. The average Bonchev–Trinajstić information content (AvgIpc) is 2.81. The van der Waals surface area contributed by atoms with E-state index in [1.54, 1.807) is 0 Å². The van der Waals surface area contributed by atoms with Crippen LogP contribution in [0.3, 0.4) is 0 Å². The van der Waals surface area contributed by atoms with Crippen molar-refractivity contribution < 1.29 is 5.11 Å². The van der Waals surface area contributed by atoms with E-state index in [-0.39, 0.29) is 18.7 Å². The molecule has 5 nitrogen and oxygen atoms in total. The minimum Gasteiger partial charge on any atom is -0.396 e. The summed E-state index contributed by atoms with van der Waals surface area (Å²) in [5.74, 6) is 0. The Morgan fingerprint density at radius 2 is 2.16 bits per heavy atom. The van der Waals surface area contributed by atoms with Gasteiger partial charge in [-0.25, -0.2) is 0 Å². The maximum absolute atomic E-state index is 8.80. The Bertz CT molecular complexity index is 353. The Morgan fingerprint density at radius 3 is 2.68 bits per heavy atom. The van der Waals surface area contributed by atoms with Gasteiger partial charge in [-0.15, -0.1) is 0 Å². The van der Waals surface area contributed by atoms with Crippen LogP contribution in [0.2, 0.25) is 0 Å². The maximum Gasteiger partial charge on any atom is 0.0538 e. The highest BCUT2D eigenvalue weighted by molar-refractivity contribution is 5.13. The van der Waals surface area contributed by atoms with Gasteiger partial charge >= 0.3 is 0 Å². The fourth-order valence-electron chi connectivity index (χ4n) is 2.43. The van der Waals surface area contributed by atoms with Crippen molar-refractivity contribution >= 4 is 0 Å². The van der Waals surface area contributed by atoms with Crippen LogP contribution in [-0.2, 0) is 7.05 Å². The van der Waals surface area contributed by atoms with Crippen LogP contribution in [-0.4, -0.2) is 46.0 Å². The number of aliphatic hydroxyl groups is 1. The largest absolute Gasteiger partial charge is 0.396 e. The number of unbranched alkanes of at least 4 members (excludes halogenated alkanes) is 2. The molecule has 3 N–H and O–H groups in total. The van der Waals surface area contributed by atoms with Crippen LogP contribution in [0.15, 0.2) is 12.4 Å². The highest BCUT2D eigenvalue weighted by Crippen LogP contribution is 2.23. The third kappa shape index (κ3) is 4.93. The van der Waals surface area contributed by atoms with Crippen LogP contribution in [0.25, 0.3) is 0 Å². The minimum absolute atomic E-state index is 0.118. The molecule has 0 amide bonds. The van der Waals surface area contributed by atoms with Crippen molar-refractivity contribution in [1.29, 1.82) is 0 Å². The third-order valence-corrected chi connectivity index (χ3v) is 3.59. The van der Waals surface area contributed by atoms with Gasteiger partial charge in [0, 0.05) is 31.5 Å². The van der Waals surface area contributed by atoms with Gasteiger partial charge in [-0.2, -0.15) is 5.10 Å². The van der Waals surface area contributed by atoms with Crippen molar-refractivity contribution in [2.45, 2.75) is 44.7 Å². The zero-order chi connectivity index (χ0) is 14.3. The molecule has 0 radical (unpaired) electrons. The van der Waals surface area contributed by atoms with Gasteiger partial charge in [0.05, 0.1) is 12.2 Å². The Kier molecular flexibility index (Phi) is 7.05. The molecule has 0 aliphatic rings. The van der Waals surface area contributed by atoms with E-state index >= 15 is 0 Å². The van der Waals surface area contributed by atoms with Gasteiger partial charge in [0.2, 0.25) is 0 Å². The zero-order valence-corrected chi connectivity index (χ0v) is 12.4. The lowest BCUT2D eigenvalue weighted by Gasteiger charge is -2.31. The Morgan fingerprint density at radius 1 is 1.42 bits per heavy atom. The molecular weight excluding hydrogens is 240 g/mol. The van der Waals surface area contributed by atoms with Crippen LogP contribution < -0.4 is 5.73 Å². The molecule has 2 atom stereocenters. The molecule has 110 valence electrons. The molecule has 5 heteroatoms. The summed E-state index contributed by atoms with van der Waals surface area (Å²) in [6.07, 6.45) is 7.92. The number of aryl methyl sites for hydroxylation is 1. The van der Waals surface area contributed by atoms with Crippen molar-refractivity contribution in [2.75, 3.05) is 20.2 Å². The van der Waals surface area contributed by atoms with Crippen molar-refractivity contribution in [3.05, 3.63) is 18.0 Å². The smallest absolute Gasteiger partial charge is 0.0538 e. The van der Waals surface area contributed by atoms with Crippen LogP contribution >= 0.6 is 0 Å². The van der Waals surface area contributed by atoms with E-state index in [9.17, 15) is 0 Å². The van der Waals surface area contributed by atoms with E-state index in [4.69, 9.17) is 10.8 Å². The van der Waals surface area contributed by atoms with Gasteiger partial charge in [-0.3, -0.25) is 9.58 Å². The Hall–Kier alpha value is -0.910. The number of aromatic nitrogens is 2. The average molecular weight is 268 g/mol. The molecule has 1 heterocycles. The summed E-state index contributed by atoms with van der Waals surface area (Å²) in [5, 5.41) is 13.1. The SMILES string of the molecule is CCC(N)C(c1cnn(C)c1)N(C)CCCCCO. The molecule has 1 aromatic heterocycles. The molecule has 0 fully saturated rings. The van der Waals surface area contributed by atoms with E-state index in [2.05, 4.69) is 24.0 Å². The first-order valence-corrected chi connectivity index (χ1v) is 7.15. The fraction of sp³-hybridized carbons (Fsp3) is 0.786. The van der Waals surface area contributed by atoms with Crippen molar-refractivity contribution in [3.8, 4) is 0 Å². The van der Waals surface area contributed by atoms with E-state index in [1.807, 2.05) is 24.1 Å². The third-order valence-electron chi connectivity index (χ3n) is 3.59. The van der Waals surface area contributed by atoms with Crippen LogP contribution in [0.5, 0.6) is 0 Å². The van der Waals surface area contributed by atoms with Gasteiger partial charge in [0.1, 0.15) is 0 Å². The summed E-state index contributed by atoms with van der Waals surface area (Å²) < 4.78 is 1.82. The number of nitrogens with zero attached hydrogens (tertiary/aromatic N) is 3. The predicted octanol–water partition coefficient (Wildman–Crippen LogP) is 1.29. The quantitative estimate of drug-likeness (QED) is 0.662. The van der Waals surface area contributed by atoms with E-state index in [0.29, 0.717) is 0 Å². The number of aliphatic hydroxyl groups excluding tert-OH is 1. The summed E-state index contributed by atoms with van der Waals surface area (Å²) >= 11 is 0. The molecule has 1 aromatic rings. The normalized spacial score (nSPS) is 14.8. The number of rotatable bonds is 9.